The molecule has 0 atom stereocenters. The van der Waals surface area contributed by atoms with Crippen molar-refractivity contribution in [3.8, 4) is 0 Å². The molecule has 4 heteroatoms. The second-order valence-electron chi connectivity index (χ2n) is 7.99. The van der Waals surface area contributed by atoms with E-state index in [4.69, 9.17) is 0 Å². The minimum absolute atomic E-state index is 0.988. The molecule has 2 aromatic carbocycles. The smallest absolute Gasteiger partial charge is 0.247 e. The van der Waals surface area contributed by atoms with E-state index in [9.17, 15) is 0 Å². The lowest BCUT2D eigenvalue weighted by atomic mass is 9.79. The summed E-state index contributed by atoms with van der Waals surface area (Å²) in [5.74, 6) is 0. The molecule has 2 aromatic rings. The molecule has 0 aliphatic carbocycles. The summed E-state index contributed by atoms with van der Waals surface area (Å²) in [6, 6.07) is 18.1. The zero-order chi connectivity index (χ0) is 20.9. The van der Waals surface area contributed by atoms with E-state index in [1.165, 1.54) is 47.7 Å². The van der Waals surface area contributed by atoms with Gasteiger partial charge in [-0.15, -0.1) is 0 Å². The second kappa shape index (κ2) is 13.7. The summed E-state index contributed by atoms with van der Waals surface area (Å²) in [6.07, 6.45) is 5.75. The van der Waals surface area contributed by atoms with Gasteiger partial charge in [-0.3, -0.25) is 0 Å². The van der Waals surface area contributed by atoms with Crippen LogP contribution in [-0.2, 0) is 6.42 Å². The third-order valence-corrected chi connectivity index (χ3v) is 5.07. The molecule has 154 valence electrons. The molecule has 0 saturated carbocycles. The van der Waals surface area contributed by atoms with E-state index in [0.29, 0.717) is 0 Å². The Bertz CT molecular complexity index is 599. The Balaban J connectivity index is 1.91. The molecule has 0 heterocycles. The SMILES string of the molecule is CCCN([B]c1ccc(Cc2ccc([B]N(CCC)CCC)cc2)cc1)CCC. The van der Waals surface area contributed by atoms with Crippen molar-refractivity contribution in [2.24, 2.45) is 0 Å². The van der Waals surface area contributed by atoms with Gasteiger partial charge < -0.3 is 9.62 Å². The zero-order valence-corrected chi connectivity index (χ0v) is 19.0. The maximum Gasteiger partial charge on any atom is 0.247 e. The summed E-state index contributed by atoms with van der Waals surface area (Å²) in [4.78, 5) is 4.87. The van der Waals surface area contributed by atoms with Crippen molar-refractivity contribution < 1.29 is 0 Å². The Morgan fingerprint density at radius 3 is 1.10 bits per heavy atom. The van der Waals surface area contributed by atoms with Gasteiger partial charge in [-0.05, 0) is 69.4 Å². The third kappa shape index (κ3) is 8.80. The Labute approximate surface area is 181 Å². The summed E-state index contributed by atoms with van der Waals surface area (Å²) in [7, 11) is 4.61. The van der Waals surface area contributed by atoms with Crippen molar-refractivity contribution in [2.75, 3.05) is 26.2 Å². The lowest BCUT2D eigenvalue weighted by Gasteiger charge is -2.20. The van der Waals surface area contributed by atoms with E-state index in [1.54, 1.807) is 0 Å². The highest BCUT2D eigenvalue weighted by Crippen LogP contribution is 2.08. The van der Waals surface area contributed by atoms with Crippen molar-refractivity contribution in [3.63, 3.8) is 0 Å². The van der Waals surface area contributed by atoms with Crippen LogP contribution in [0.4, 0.5) is 0 Å². The summed E-state index contributed by atoms with van der Waals surface area (Å²) in [6.45, 7) is 13.5. The first-order valence-corrected chi connectivity index (χ1v) is 11.5. The average molecular weight is 388 g/mol. The highest BCUT2D eigenvalue weighted by Gasteiger charge is 2.08. The van der Waals surface area contributed by atoms with E-state index < -0.39 is 0 Å². The Hall–Kier alpha value is -1.51. The van der Waals surface area contributed by atoms with E-state index in [-0.39, 0.29) is 0 Å². The van der Waals surface area contributed by atoms with E-state index in [2.05, 4.69) is 101 Å². The van der Waals surface area contributed by atoms with E-state index in [1.807, 2.05) is 0 Å². The van der Waals surface area contributed by atoms with E-state index >= 15 is 0 Å². The fourth-order valence-corrected chi connectivity index (χ4v) is 3.73. The van der Waals surface area contributed by atoms with Crippen LogP contribution in [0.5, 0.6) is 0 Å². The van der Waals surface area contributed by atoms with Gasteiger partial charge in [-0.25, -0.2) is 0 Å². The van der Waals surface area contributed by atoms with Crippen LogP contribution in [0.15, 0.2) is 48.5 Å². The molecule has 0 aliphatic heterocycles. The van der Waals surface area contributed by atoms with Gasteiger partial charge in [0.1, 0.15) is 0 Å². The summed E-state index contributed by atoms with van der Waals surface area (Å²) >= 11 is 0. The molecular formula is C25H38B2N2. The van der Waals surface area contributed by atoms with E-state index in [0.717, 1.165) is 32.6 Å². The minimum atomic E-state index is 0.988. The van der Waals surface area contributed by atoms with Gasteiger partial charge in [0, 0.05) is 0 Å². The number of hydrogen-bond donors (Lipinski definition) is 0. The average Bonchev–Trinajstić information content (AvgIpc) is 2.72. The van der Waals surface area contributed by atoms with Crippen LogP contribution in [0.2, 0.25) is 0 Å². The molecule has 2 radical (unpaired) electrons. The summed E-state index contributed by atoms with van der Waals surface area (Å²) in [5.41, 5.74) is 5.34. The van der Waals surface area contributed by atoms with Crippen LogP contribution in [0, 0.1) is 0 Å². The Morgan fingerprint density at radius 2 is 0.828 bits per heavy atom. The fraction of sp³-hybridized carbons (Fsp3) is 0.520. The molecule has 0 fully saturated rings. The van der Waals surface area contributed by atoms with Gasteiger partial charge in [0.2, 0.25) is 14.8 Å². The number of rotatable bonds is 14. The quantitative estimate of drug-likeness (QED) is 0.452. The monoisotopic (exact) mass is 388 g/mol. The van der Waals surface area contributed by atoms with Gasteiger partial charge in [-0.2, -0.15) is 0 Å². The summed E-state index contributed by atoms with van der Waals surface area (Å²) < 4.78 is 0. The van der Waals surface area contributed by atoms with Gasteiger partial charge in [0.25, 0.3) is 0 Å². The van der Waals surface area contributed by atoms with Gasteiger partial charge in [0.05, 0.1) is 0 Å². The van der Waals surface area contributed by atoms with Crippen LogP contribution >= 0.6 is 0 Å². The maximum atomic E-state index is 2.44. The molecule has 0 aromatic heterocycles. The van der Waals surface area contributed by atoms with Gasteiger partial charge >= 0.3 is 0 Å². The predicted molar refractivity (Wildman–Crippen MR) is 131 cm³/mol. The van der Waals surface area contributed by atoms with Gasteiger partial charge in [0.15, 0.2) is 0 Å². The maximum absolute atomic E-state index is 2.44. The first-order valence-electron chi connectivity index (χ1n) is 11.5. The van der Waals surface area contributed by atoms with Crippen molar-refractivity contribution in [1.82, 2.24) is 9.62 Å². The molecular weight excluding hydrogens is 350 g/mol. The molecule has 2 rings (SSSR count). The highest BCUT2D eigenvalue weighted by molar-refractivity contribution is 6.51. The van der Waals surface area contributed by atoms with Crippen LogP contribution in [-0.4, -0.2) is 50.6 Å². The first-order chi connectivity index (χ1) is 14.2. The predicted octanol–water partition coefficient (Wildman–Crippen LogP) is 4.01. The Kier molecular flexibility index (Phi) is 11.2. The Morgan fingerprint density at radius 1 is 0.517 bits per heavy atom. The minimum Gasteiger partial charge on any atom is -0.342 e. The molecule has 0 amide bonds. The summed E-state index contributed by atoms with van der Waals surface area (Å²) in [5, 5.41) is 0. The lowest BCUT2D eigenvalue weighted by molar-refractivity contribution is 0.445. The molecule has 2 nitrogen and oxygen atoms in total. The van der Waals surface area contributed by atoms with Crippen LogP contribution < -0.4 is 10.9 Å². The second-order valence-corrected chi connectivity index (χ2v) is 7.99. The van der Waals surface area contributed by atoms with Crippen molar-refractivity contribution in [3.05, 3.63) is 59.7 Å². The molecule has 0 bridgehead atoms. The third-order valence-electron chi connectivity index (χ3n) is 5.07. The van der Waals surface area contributed by atoms with Gasteiger partial charge in [-0.1, -0.05) is 87.2 Å². The van der Waals surface area contributed by atoms with Crippen molar-refractivity contribution in [1.29, 1.82) is 0 Å². The van der Waals surface area contributed by atoms with Crippen molar-refractivity contribution >= 4 is 25.8 Å². The molecule has 29 heavy (non-hydrogen) atoms. The molecule has 0 aliphatic rings. The first kappa shape index (κ1) is 23.8. The standard InChI is InChI=1S/C25H38B2N2/c1-5-17-28(18-6-2)26-24-13-9-22(10-14-24)21-23-11-15-25(16-12-23)27-29(19-7-3)20-8-4/h9-16H,5-8,17-21H2,1-4H3. The molecule has 0 N–H and O–H groups in total. The number of hydrogen-bond acceptors (Lipinski definition) is 2. The topological polar surface area (TPSA) is 6.48 Å². The molecule has 0 spiro atoms. The normalized spacial score (nSPS) is 11.2. The lowest BCUT2D eigenvalue weighted by Crippen LogP contribution is -2.37. The molecule has 0 unspecified atom stereocenters. The highest BCUT2D eigenvalue weighted by atomic mass is 15.0. The molecule has 0 saturated heterocycles. The van der Waals surface area contributed by atoms with Crippen LogP contribution in [0.3, 0.4) is 0 Å². The van der Waals surface area contributed by atoms with Crippen LogP contribution in [0.25, 0.3) is 0 Å². The largest absolute Gasteiger partial charge is 0.342 e. The fourth-order valence-electron chi connectivity index (χ4n) is 3.73. The number of benzene rings is 2. The van der Waals surface area contributed by atoms with Crippen LogP contribution in [0.1, 0.15) is 64.5 Å². The zero-order valence-electron chi connectivity index (χ0n) is 19.0. The van der Waals surface area contributed by atoms with Crippen molar-refractivity contribution in [2.45, 2.75) is 59.8 Å². The number of nitrogens with zero attached hydrogens (tertiary/aromatic N) is 2.